The molecule has 0 radical (unpaired) electrons. The lowest BCUT2D eigenvalue weighted by molar-refractivity contribution is 0.531. The van der Waals surface area contributed by atoms with E-state index < -0.39 is 0 Å². The molecule has 0 aromatic rings. The summed E-state index contributed by atoms with van der Waals surface area (Å²) in [5.41, 5.74) is 0. The van der Waals surface area contributed by atoms with Crippen LogP contribution in [0.2, 0.25) is 0 Å². The van der Waals surface area contributed by atoms with Gasteiger partial charge < -0.3 is 0 Å². The summed E-state index contributed by atoms with van der Waals surface area (Å²) in [5.74, 6) is 0. The molecule has 110 valence electrons. The zero-order chi connectivity index (χ0) is 14.0. The molecule has 0 nitrogen and oxygen atoms in total. The van der Waals surface area contributed by atoms with E-state index in [1.54, 1.807) is 0 Å². The van der Waals surface area contributed by atoms with Gasteiger partial charge in [0.15, 0.2) is 0 Å². The second kappa shape index (κ2) is 17.0. The summed E-state index contributed by atoms with van der Waals surface area (Å²) in [6.07, 6.45) is 22.5. The van der Waals surface area contributed by atoms with E-state index in [0.717, 1.165) is 6.42 Å². The van der Waals surface area contributed by atoms with Gasteiger partial charge in [-0.05, 0) is 0 Å². The van der Waals surface area contributed by atoms with Crippen LogP contribution >= 0.6 is 0 Å². The molecule has 0 bridgehead atoms. The number of unbranched alkanes of at least 4 members (excludes halogenated alkanes) is 15. The molecule has 0 saturated carbocycles. The van der Waals surface area contributed by atoms with Gasteiger partial charge in [0.2, 0.25) is 0 Å². The fraction of sp³-hybridized carbons (Fsp3) is 1.00. The maximum atomic E-state index is 7.08. The quantitative estimate of drug-likeness (QED) is 0.270. The first-order chi connectivity index (χ1) is 9.41. The zero-order valence-corrected chi connectivity index (χ0v) is 13.0. The largest absolute Gasteiger partial charge is 0.0654 e. The van der Waals surface area contributed by atoms with Crippen LogP contribution in [0.4, 0.5) is 0 Å². The Morgan fingerprint density at radius 3 is 1.00 bits per heavy atom. The van der Waals surface area contributed by atoms with Crippen molar-refractivity contribution in [2.24, 2.45) is 0 Å². The second-order valence-corrected chi connectivity index (χ2v) is 5.80. The summed E-state index contributed by atoms with van der Waals surface area (Å²) in [4.78, 5) is 0. The summed E-state index contributed by atoms with van der Waals surface area (Å²) in [6.45, 7) is 2.91. The molecule has 0 rings (SSSR count). The van der Waals surface area contributed by atoms with Crippen molar-refractivity contribution >= 4 is 0 Å². The summed E-state index contributed by atoms with van der Waals surface area (Å²) < 4.78 is 7.08. The Morgan fingerprint density at radius 2 is 0.722 bits per heavy atom. The van der Waals surface area contributed by atoms with Gasteiger partial charge in [-0.15, -0.1) is 0 Å². The Kier molecular flexibility index (Phi) is 15.2. The molecule has 0 aromatic heterocycles. The minimum Gasteiger partial charge on any atom is -0.0654 e. The second-order valence-electron chi connectivity index (χ2n) is 5.80. The maximum Gasteiger partial charge on any atom is 0.0230 e. The van der Waals surface area contributed by atoms with E-state index in [2.05, 4.69) is 6.92 Å². The van der Waals surface area contributed by atoms with Crippen molar-refractivity contribution in [2.45, 2.75) is 117 Å². The number of hydrogen-bond acceptors (Lipinski definition) is 0. The van der Waals surface area contributed by atoms with Crippen LogP contribution in [-0.4, -0.2) is 0 Å². The lowest BCUT2D eigenvalue weighted by Crippen LogP contribution is -1.83. The Balaban J connectivity index is 2.88. The van der Waals surface area contributed by atoms with E-state index in [0.29, 0.717) is 6.90 Å². The summed E-state index contributed by atoms with van der Waals surface area (Å²) >= 11 is 0. The van der Waals surface area contributed by atoms with Crippen LogP contribution in [-0.2, 0) is 0 Å². The van der Waals surface area contributed by atoms with E-state index in [1.165, 1.54) is 96.3 Å². The van der Waals surface area contributed by atoms with Crippen LogP contribution < -0.4 is 0 Å². The summed E-state index contributed by atoms with van der Waals surface area (Å²) in [7, 11) is 0. The van der Waals surface area contributed by atoms with Crippen LogP contribution in [0.3, 0.4) is 0 Å². The number of hydrogen-bond donors (Lipinski definition) is 0. The molecule has 0 aliphatic heterocycles. The van der Waals surface area contributed by atoms with Crippen molar-refractivity contribution in [1.29, 1.82) is 0 Å². The first-order valence-electron chi connectivity index (χ1n) is 9.41. The Bertz CT molecular complexity index is 129. The Labute approximate surface area is 118 Å². The molecule has 0 aliphatic rings. The normalized spacial score (nSPS) is 11.7. The van der Waals surface area contributed by atoms with Crippen molar-refractivity contribution in [1.82, 2.24) is 0 Å². The van der Waals surface area contributed by atoms with Crippen molar-refractivity contribution in [3.63, 3.8) is 0 Å². The van der Waals surface area contributed by atoms with Gasteiger partial charge in [0.1, 0.15) is 0 Å². The van der Waals surface area contributed by atoms with Crippen LogP contribution in [0.15, 0.2) is 0 Å². The summed E-state index contributed by atoms with van der Waals surface area (Å²) in [6, 6.07) is 0. The first kappa shape index (κ1) is 16.1. The fourth-order valence-electron chi connectivity index (χ4n) is 2.55. The highest BCUT2D eigenvalue weighted by atomic mass is 14.0. The SMILES string of the molecule is [3H]CCCCCCCCCCCCCCCCCC. The zero-order valence-electron chi connectivity index (χ0n) is 14.0. The molecular weight excluding hydrogens is 216 g/mol. The van der Waals surface area contributed by atoms with Gasteiger partial charge in [0, 0.05) is 1.37 Å². The molecular formula is C18H38. The van der Waals surface area contributed by atoms with E-state index in [4.69, 9.17) is 1.37 Å². The smallest absolute Gasteiger partial charge is 0.0230 e. The molecule has 0 spiro atoms. The highest BCUT2D eigenvalue weighted by molar-refractivity contribution is 4.49. The average Bonchev–Trinajstić information content (AvgIpc) is 2.43. The highest BCUT2D eigenvalue weighted by Crippen LogP contribution is 2.13. The Morgan fingerprint density at radius 1 is 0.444 bits per heavy atom. The van der Waals surface area contributed by atoms with Crippen molar-refractivity contribution in [3.8, 4) is 0 Å². The molecule has 0 unspecified atom stereocenters. The first-order valence-corrected chi connectivity index (χ1v) is 8.71. The van der Waals surface area contributed by atoms with Crippen LogP contribution in [0.25, 0.3) is 0 Å². The van der Waals surface area contributed by atoms with Crippen LogP contribution in [0.1, 0.15) is 118 Å². The number of rotatable bonds is 15. The minimum atomic E-state index is 0.623. The monoisotopic (exact) mass is 256 g/mol. The molecule has 0 atom stereocenters. The minimum absolute atomic E-state index is 0.623. The molecule has 0 heterocycles. The maximum absolute atomic E-state index is 7.08. The van der Waals surface area contributed by atoms with Crippen molar-refractivity contribution in [2.75, 3.05) is 0 Å². The van der Waals surface area contributed by atoms with Gasteiger partial charge in [-0.25, -0.2) is 0 Å². The van der Waals surface area contributed by atoms with Gasteiger partial charge in [-0.1, -0.05) is 117 Å². The molecule has 0 fully saturated rings. The summed E-state index contributed by atoms with van der Waals surface area (Å²) in [5, 5.41) is 0. The van der Waals surface area contributed by atoms with Gasteiger partial charge in [-0.2, -0.15) is 0 Å². The molecule has 0 aliphatic carbocycles. The third-order valence-electron chi connectivity index (χ3n) is 3.85. The molecule has 0 aromatic carbocycles. The predicted octanol–water partition coefficient (Wildman–Crippen LogP) is 7.27. The molecule has 18 heavy (non-hydrogen) atoms. The third-order valence-corrected chi connectivity index (χ3v) is 3.85. The van der Waals surface area contributed by atoms with Gasteiger partial charge in [-0.3, -0.25) is 0 Å². The standard InChI is InChI=1S/C18H38/c1-3-5-7-9-11-13-15-17-18-16-14-12-10-8-6-4-2/h3-18H2,1-2H3/i1T. The average molecular weight is 257 g/mol. The van der Waals surface area contributed by atoms with E-state index >= 15 is 0 Å². The third kappa shape index (κ3) is 16.0. The molecule has 0 heteroatoms. The van der Waals surface area contributed by atoms with Gasteiger partial charge >= 0.3 is 0 Å². The van der Waals surface area contributed by atoms with Gasteiger partial charge in [0.05, 0.1) is 0 Å². The predicted molar refractivity (Wildman–Crippen MR) is 85.2 cm³/mol. The molecule has 0 amide bonds. The van der Waals surface area contributed by atoms with Crippen LogP contribution in [0, 0.1) is 0 Å². The molecule has 0 N–H and O–H groups in total. The Hall–Kier alpha value is 0. The lowest BCUT2D eigenvalue weighted by Gasteiger charge is -2.03. The van der Waals surface area contributed by atoms with E-state index in [1.807, 2.05) is 0 Å². The molecule has 0 saturated heterocycles. The van der Waals surface area contributed by atoms with Gasteiger partial charge in [0.25, 0.3) is 0 Å². The van der Waals surface area contributed by atoms with E-state index in [9.17, 15) is 0 Å². The van der Waals surface area contributed by atoms with Crippen molar-refractivity contribution in [3.05, 3.63) is 0 Å². The lowest BCUT2D eigenvalue weighted by atomic mass is 10.0. The van der Waals surface area contributed by atoms with Crippen molar-refractivity contribution < 1.29 is 1.37 Å². The van der Waals surface area contributed by atoms with E-state index in [-0.39, 0.29) is 0 Å². The highest BCUT2D eigenvalue weighted by Gasteiger charge is 1.93. The topological polar surface area (TPSA) is 0 Å². The van der Waals surface area contributed by atoms with Crippen LogP contribution in [0.5, 0.6) is 0 Å². The fourth-order valence-corrected chi connectivity index (χ4v) is 2.55.